The Morgan fingerprint density at radius 2 is 0.678 bits per heavy atom. The van der Waals surface area contributed by atoms with E-state index >= 15 is 0 Å². The van der Waals surface area contributed by atoms with Crippen LogP contribution in [0.15, 0.2) is 60.7 Å². The molecule has 8 aliphatic rings. The quantitative estimate of drug-likeness (QED) is 0.0274. The fraction of sp³-hybridized carbons (Fsp3) is 0.798. The summed E-state index contributed by atoms with van der Waals surface area (Å²) in [6, 6.07) is 20.3. The van der Waals surface area contributed by atoms with E-state index in [4.69, 9.17) is 28.4 Å². The molecule has 814 valence electrons. The van der Waals surface area contributed by atoms with Gasteiger partial charge in [-0.1, -0.05) is 116 Å². The molecule has 4 unspecified atom stereocenters. The zero-order valence-corrected chi connectivity index (χ0v) is 90.8. The maximum Gasteiger partial charge on any atom is 0.410 e. The van der Waals surface area contributed by atoms with E-state index in [0.717, 1.165) is 108 Å². The number of piperidine rings is 3. The first-order chi connectivity index (χ1) is 67.3. The van der Waals surface area contributed by atoms with Crippen LogP contribution in [-0.4, -0.2) is 259 Å². The molecule has 0 spiro atoms. The van der Waals surface area contributed by atoms with Gasteiger partial charge in [0.1, 0.15) is 35.1 Å². The van der Waals surface area contributed by atoms with E-state index in [2.05, 4.69) is 122 Å². The molecule has 0 radical (unpaired) electrons. The third-order valence-corrected chi connectivity index (χ3v) is 30.6. The molecule has 7 saturated heterocycles. The molecule has 7 aliphatic heterocycles. The molecular weight excluding hydrogens is 1850 g/mol. The monoisotopic (exact) mass is 2030 g/mol. The summed E-state index contributed by atoms with van der Waals surface area (Å²) in [5.41, 5.74) is 0.597. The normalized spacial score (nSPS) is 22.8. The van der Waals surface area contributed by atoms with Crippen molar-refractivity contribution in [2.75, 3.05) is 71.7 Å². The number of aliphatic hydroxyl groups excluding tert-OH is 4. The maximum atomic E-state index is 13.5. The van der Waals surface area contributed by atoms with Gasteiger partial charge < -0.3 is 101 Å². The number of nitrogens with one attached hydrogen (secondary N) is 8. The number of aliphatic hydroxyl groups is 4. The lowest BCUT2D eigenvalue weighted by atomic mass is 9.83. The summed E-state index contributed by atoms with van der Waals surface area (Å²) >= 11 is 0. The molecule has 16 atom stereocenters. The first kappa shape index (κ1) is 122. The van der Waals surface area contributed by atoms with Crippen LogP contribution in [0.4, 0.5) is 28.8 Å². The second-order valence-corrected chi connectivity index (χ2v) is 48.1. The topological polar surface area (TPSA) is 447 Å². The van der Waals surface area contributed by atoms with Gasteiger partial charge >= 0.3 is 36.6 Å². The van der Waals surface area contributed by atoms with Crippen LogP contribution < -0.4 is 42.5 Å². The van der Waals surface area contributed by atoms with Gasteiger partial charge in [0.25, 0.3) is 0 Å². The number of hydrogen-bond donors (Lipinski definition) is 12. The summed E-state index contributed by atoms with van der Waals surface area (Å²) in [6.45, 7) is 40.6. The van der Waals surface area contributed by atoms with Crippen LogP contribution in [0.5, 0.6) is 0 Å². The number of alkyl carbamates (subject to hydrolysis) is 4. The van der Waals surface area contributed by atoms with Crippen molar-refractivity contribution in [2.45, 2.75) is 413 Å². The van der Waals surface area contributed by atoms with Gasteiger partial charge in [0.2, 0.25) is 33.7 Å². The fourth-order valence-corrected chi connectivity index (χ4v) is 22.1. The van der Waals surface area contributed by atoms with Crippen molar-refractivity contribution in [3.63, 3.8) is 0 Å². The van der Waals surface area contributed by atoms with Gasteiger partial charge in [0, 0.05) is 145 Å². The number of sulfonamides is 1. The molecule has 12 N–H and O–H groups in total. The molecule has 33 nitrogen and oxygen atoms in total. The van der Waals surface area contributed by atoms with E-state index in [9.17, 15) is 76.8 Å². The van der Waals surface area contributed by atoms with E-state index in [-0.39, 0.29) is 132 Å². The highest BCUT2D eigenvalue weighted by atomic mass is 32.2. The van der Waals surface area contributed by atoms with E-state index in [1.807, 2.05) is 84.9 Å². The highest BCUT2D eigenvalue weighted by molar-refractivity contribution is 7.88. The van der Waals surface area contributed by atoms with E-state index in [0.29, 0.717) is 191 Å². The summed E-state index contributed by atoms with van der Waals surface area (Å²) < 4.78 is 59.0. The predicted molar refractivity (Wildman–Crippen MR) is 554 cm³/mol. The predicted octanol–water partition coefficient (Wildman–Crippen LogP) is 16.3. The van der Waals surface area contributed by atoms with Crippen LogP contribution in [0, 0.1) is 71.0 Å². The standard InChI is InChI=1S/C33H53N3O6.C28H44N2O4.C26H47N3O6.C22H41N3O6S/c1-23(2)20-28(13-12-26(24(3)37)21-27-14-17-34-29(27)38)35-30(39)41-33(22-25-10-8-7-9-11-25)15-18-36(19-16-33)31(40)42-32(4,5)6;1-19(2)17-25(12-9-23(20(3)31)18-24-15-16-29-27(24)32)30-28(33)34-26-13-10-22(11-14-26)21-7-5-4-6-8-21;1-17(2)15-21(8-7-19(18(3)30)16-20-9-12-27-23(20)31)28-24(32)34-22-10-13-29(14-11-22)25(33)35-26(4,5)6;1-15(2)13-19(6-5-17(16(3)26)14-18-7-10-23-21(18)27)24-22(28)31-20-8-11-25(12-9-20)32(4,29)30/h7-11,23-24,26-28,37H,12-22H2,1-6H3,(H,34,38)(H,35,39);4-8,19-20,22-26,31H,9-18H2,1-3H3,(H,29,32)(H,30,33);17-22,30H,7-16H2,1-6H3,(H,27,31)(H,28,32);15-20,26H,5-14H2,1-4H3,(H,23,27)(H,24,28)/t24?,26-,27-,28+;20?,22?,23-,24-,25+,26?;18?,19-,20-,21+;16?,17-,18-,19+/m0000/s1. The Hall–Kier alpha value is -8.31. The Labute approximate surface area is 855 Å². The third kappa shape index (κ3) is 46.3. The zero-order valence-electron chi connectivity index (χ0n) is 90.0. The summed E-state index contributed by atoms with van der Waals surface area (Å²) in [7, 11) is -3.21. The molecule has 7 heterocycles. The summed E-state index contributed by atoms with van der Waals surface area (Å²) in [5, 5.41) is 65.1. The van der Waals surface area contributed by atoms with Crippen LogP contribution in [0.1, 0.15) is 334 Å². The molecule has 8 fully saturated rings. The second-order valence-electron chi connectivity index (χ2n) is 46.1. The van der Waals surface area contributed by atoms with Crippen molar-refractivity contribution in [3.05, 3.63) is 71.8 Å². The van der Waals surface area contributed by atoms with Gasteiger partial charge in [0.05, 0.1) is 30.7 Å². The van der Waals surface area contributed by atoms with Gasteiger partial charge in [-0.3, -0.25) is 19.2 Å². The summed E-state index contributed by atoms with van der Waals surface area (Å²) in [4.78, 5) is 128. The molecule has 34 heteroatoms. The first-order valence-electron chi connectivity index (χ1n) is 54.1. The average molecular weight is 2030 g/mol. The van der Waals surface area contributed by atoms with Gasteiger partial charge in [-0.2, -0.15) is 0 Å². The lowest BCUT2D eigenvalue weighted by Gasteiger charge is -2.41. The molecule has 1 aliphatic carbocycles. The largest absolute Gasteiger partial charge is 0.446 e. The van der Waals surface area contributed by atoms with Gasteiger partial charge in [0.15, 0.2) is 0 Å². The average Bonchev–Trinajstić information content (AvgIpc) is 1.58. The van der Waals surface area contributed by atoms with E-state index in [1.165, 1.54) is 16.1 Å². The van der Waals surface area contributed by atoms with Gasteiger partial charge in [-0.25, -0.2) is 41.5 Å². The van der Waals surface area contributed by atoms with Crippen molar-refractivity contribution in [1.29, 1.82) is 0 Å². The van der Waals surface area contributed by atoms with Gasteiger partial charge in [-0.15, -0.1) is 0 Å². The van der Waals surface area contributed by atoms with Crippen LogP contribution in [0.25, 0.3) is 0 Å². The number of carbonyl (C=O) groups is 10. The number of benzene rings is 2. The SMILES string of the molecule is CC(C)C[C@@H](CC[C@@H](C[C@@H]1CCNC1=O)C(C)O)NC(=O)OC1(Cc2ccccc2)CCN(C(=O)OC(C)(C)C)CC1.CC(C)C[C@@H](CC[C@@H](C[C@@H]1CCNC1=O)C(C)O)NC(=O)OC1CCC(c2ccccc2)CC1.CC(C)C[C@@H](CC[C@@H](C[C@@H]1CCNC1=O)C(C)O)NC(=O)OC1CCN(C(=O)OC(C)(C)C)CC1.CC(C)C[C@@H](CC[C@@H](C[C@@H]1CCNC1=O)C(C)O)NC(=O)OC1CCN(S(C)(=O)=O)CC1. The Balaban J connectivity index is 0.000000260. The van der Waals surface area contributed by atoms with Gasteiger partial charge in [-0.05, 0) is 301 Å². The Morgan fingerprint density at radius 3 is 0.958 bits per heavy atom. The number of amides is 10. The maximum absolute atomic E-state index is 13.5. The first-order valence-corrected chi connectivity index (χ1v) is 55.9. The van der Waals surface area contributed by atoms with Crippen molar-refractivity contribution >= 4 is 70.2 Å². The van der Waals surface area contributed by atoms with Crippen LogP contribution in [-0.2, 0) is 64.0 Å². The Kier molecular flexibility index (Phi) is 51.2. The molecular formula is C109H185N11O22S. The fourth-order valence-electron chi connectivity index (χ4n) is 21.3. The zero-order chi connectivity index (χ0) is 105. The summed E-state index contributed by atoms with van der Waals surface area (Å²) in [6.07, 6.45) is 18.8. The van der Waals surface area contributed by atoms with Crippen LogP contribution in [0.2, 0.25) is 0 Å². The second kappa shape index (κ2) is 60.2. The smallest absolute Gasteiger partial charge is 0.410 e. The lowest BCUT2D eigenvalue weighted by molar-refractivity contribution is -0.124. The minimum absolute atomic E-state index is 0.00310. The molecule has 10 amide bonds. The number of hydrogen-bond acceptors (Lipinski definition) is 22. The molecule has 10 rings (SSSR count). The molecule has 0 bridgehead atoms. The van der Waals surface area contributed by atoms with Crippen molar-refractivity contribution in [2.24, 2.45) is 71.0 Å². The number of carbonyl (C=O) groups excluding carboxylic acids is 10. The Morgan fingerprint density at radius 1 is 0.392 bits per heavy atom. The van der Waals surface area contributed by atoms with Crippen molar-refractivity contribution in [3.8, 4) is 0 Å². The van der Waals surface area contributed by atoms with E-state index < -0.39 is 69.5 Å². The minimum Gasteiger partial charge on any atom is -0.446 e. The third-order valence-electron chi connectivity index (χ3n) is 29.3. The van der Waals surface area contributed by atoms with Crippen LogP contribution >= 0.6 is 0 Å². The Bertz CT molecular complexity index is 4250. The van der Waals surface area contributed by atoms with Crippen molar-refractivity contribution < 1.29 is 105 Å². The number of ether oxygens (including phenoxy) is 6. The molecule has 2 aromatic carbocycles. The highest BCUT2D eigenvalue weighted by Crippen LogP contribution is 2.38. The number of likely N-dealkylation sites (tertiary alicyclic amines) is 2. The minimum atomic E-state index is -3.21. The molecule has 1 saturated carbocycles. The molecule has 0 aromatic heterocycles. The number of rotatable bonds is 44. The summed E-state index contributed by atoms with van der Waals surface area (Å²) in [5.74, 6) is 2.33. The van der Waals surface area contributed by atoms with Crippen molar-refractivity contribution in [1.82, 2.24) is 56.6 Å². The molecule has 143 heavy (non-hydrogen) atoms. The van der Waals surface area contributed by atoms with E-state index in [1.54, 1.807) is 30.6 Å². The van der Waals surface area contributed by atoms with Crippen LogP contribution in [0.3, 0.4) is 0 Å². The molecule has 2 aromatic rings. The number of nitrogens with zero attached hydrogens (tertiary/aromatic N) is 3. The highest BCUT2D eigenvalue weighted by Gasteiger charge is 2.43. The lowest BCUT2D eigenvalue weighted by Crippen LogP contribution is -2.52.